The van der Waals surface area contributed by atoms with Gasteiger partial charge in [0.2, 0.25) is 0 Å². The molecule has 0 saturated heterocycles. The third kappa shape index (κ3) is 7.44. The summed E-state index contributed by atoms with van der Waals surface area (Å²) in [4.78, 5) is 2.99. The molecule has 2 rings (SSSR count). The van der Waals surface area contributed by atoms with E-state index < -0.39 is 27.9 Å². The first kappa shape index (κ1) is 25.0. The minimum atomic E-state index is -2.27. The summed E-state index contributed by atoms with van der Waals surface area (Å²) in [5, 5.41) is 0. The Labute approximate surface area is 193 Å². The zero-order valence-corrected chi connectivity index (χ0v) is 25.2. The van der Waals surface area contributed by atoms with Crippen LogP contribution in [0.4, 0.5) is 0 Å². The molecule has 0 atom stereocenters. The Morgan fingerprint density at radius 2 is 1.32 bits per heavy atom. The fourth-order valence-corrected chi connectivity index (χ4v) is 28.7. The predicted octanol–water partition coefficient (Wildman–Crippen LogP) is 7.30. The van der Waals surface area contributed by atoms with Crippen LogP contribution in [0.15, 0.2) is 24.3 Å². The third-order valence-electron chi connectivity index (χ3n) is 5.65. The number of rotatable bonds is 13. The topological polar surface area (TPSA) is 0 Å². The van der Waals surface area contributed by atoms with Crippen molar-refractivity contribution in [2.75, 3.05) is 0 Å². The van der Waals surface area contributed by atoms with Crippen molar-refractivity contribution < 1.29 is 0 Å². The Balaban J connectivity index is 2.28. The van der Waals surface area contributed by atoms with Gasteiger partial charge in [-0.05, 0) is 0 Å². The first-order valence-electron chi connectivity index (χ1n) is 11.2. The van der Waals surface area contributed by atoms with Crippen molar-refractivity contribution in [3.05, 3.63) is 24.3 Å². The molecule has 0 bridgehead atoms. The van der Waals surface area contributed by atoms with E-state index in [4.69, 9.17) is 11.6 Å². The fraction of sp³-hybridized carbons (Fsp3) is 0.652. The van der Waals surface area contributed by atoms with Gasteiger partial charge in [0.1, 0.15) is 0 Å². The summed E-state index contributed by atoms with van der Waals surface area (Å²) in [7, 11) is -0.410. The van der Waals surface area contributed by atoms with Crippen LogP contribution in [-0.4, -0.2) is 32.4 Å². The number of halogens is 1. The Hall–Kier alpha value is 0.706. The SMILES string of the molecule is CCC[CH2][Sn]([CH2]CCC)([CH2]CCC)[c]1ccc(-c2ccc([SiH2]C(C)(C)Cl)s2)s1. The molecule has 0 radical (unpaired) electrons. The summed E-state index contributed by atoms with van der Waals surface area (Å²) in [5.74, 6) is 0. The molecule has 5 heteroatoms. The van der Waals surface area contributed by atoms with E-state index in [1.54, 1.807) is 17.8 Å². The Morgan fingerprint density at radius 3 is 1.82 bits per heavy atom. The van der Waals surface area contributed by atoms with E-state index in [1.165, 1.54) is 48.3 Å². The maximum absolute atomic E-state index is 6.51. The summed E-state index contributed by atoms with van der Waals surface area (Å²) >= 11 is 8.40. The molecular formula is C23H39ClS2SiSn. The van der Waals surface area contributed by atoms with Gasteiger partial charge in [-0.25, -0.2) is 0 Å². The van der Waals surface area contributed by atoms with Gasteiger partial charge in [-0.3, -0.25) is 0 Å². The van der Waals surface area contributed by atoms with Gasteiger partial charge in [0.25, 0.3) is 0 Å². The van der Waals surface area contributed by atoms with Crippen molar-refractivity contribution in [1.29, 1.82) is 0 Å². The monoisotopic (exact) mass is 562 g/mol. The van der Waals surface area contributed by atoms with E-state index >= 15 is 0 Å². The first-order valence-corrected chi connectivity index (χ1v) is 22.1. The van der Waals surface area contributed by atoms with Crippen molar-refractivity contribution in [3.63, 3.8) is 0 Å². The van der Waals surface area contributed by atoms with Crippen LogP contribution < -0.4 is 7.39 Å². The second-order valence-corrected chi connectivity index (χ2v) is 30.2. The summed E-state index contributed by atoms with van der Waals surface area (Å²) < 4.78 is 8.07. The molecule has 0 aliphatic rings. The standard InChI is InChI=1S/C11H12ClS2Si.3C4H9.Sn/c1-11(2,12)15-10-6-5-9(14-10)8-4-3-7-13-8;3*1-3-4-2;/h3-6H,15H2,1-2H3;3*1,3-4H2,2H3;. The second-order valence-electron chi connectivity index (χ2n) is 8.92. The number of hydrogen-bond donors (Lipinski definition) is 0. The molecule has 0 spiro atoms. The Bertz CT molecular complexity index is 680. The molecular weight excluding hydrogens is 523 g/mol. The zero-order chi connectivity index (χ0) is 20.6. The van der Waals surface area contributed by atoms with Crippen molar-refractivity contribution in [2.24, 2.45) is 0 Å². The first-order chi connectivity index (χ1) is 13.3. The third-order valence-corrected chi connectivity index (χ3v) is 28.8. The van der Waals surface area contributed by atoms with Crippen molar-refractivity contribution in [1.82, 2.24) is 0 Å². The van der Waals surface area contributed by atoms with E-state index in [1.807, 2.05) is 14.2 Å². The van der Waals surface area contributed by atoms with E-state index in [2.05, 4.69) is 70.2 Å². The maximum atomic E-state index is 6.51. The molecule has 0 saturated carbocycles. The summed E-state index contributed by atoms with van der Waals surface area (Å²) in [6.07, 6.45) is 8.37. The van der Waals surface area contributed by atoms with E-state index in [-0.39, 0.29) is 4.50 Å². The summed E-state index contributed by atoms with van der Waals surface area (Å²) in [6.45, 7) is 11.4. The van der Waals surface area contributed by atoms with Gasteiger partial charge >= 0.3 is 195 Å². The predicted molar refractivity (Wildman–Crippen MR) is 140 cm³/mol. The van der Waals surface area contributed by atoms with Gasteiger partial charge in [0.15, 0.2) is 0 Å². The molecule has 0 nitrogen and oxygen atoms in total. The van der Waals surface area contributed by atoms with Crippen LogP contribution in [0.1, 0.15) is 73.1 Å². The number of thiophene rings is 2. The number of unbranched alkanes of at least 4 members (excludes halogenated alkanes) is 3. The molecule has 2 heterocycles. The molecule has 0 N–H and O–H groups in total. The molecule has 28 heavy (non-hydrogen) atoms. The molecule has 0 unspecified atom stereocenters. The fourth-order valence-electron chi connectivity index (χ4n) is 4.07. The van der Waals surface area contributed by atoms with Gasteiger partial charge in [-0.1, -0.05) is 0 Å². The van der Waals surface area contributed by atoms with Crippen molar-refractivity contribution in [3.8, 4) is 9.75 Å². The van der Waals surface area contributed by atoms with Gasteiger partial charge in [0, 0.05) is 0 Å². The van der Waals surface area contributed by atoms with Crippen LogP contribution in [0, 0.1) is 0 Å². The quantitative estimate of drug-likeness (QED) is 0.178. The van der Waals surface area contributed by atoms with Crippen LogP contribution in [0.3, 0.4) is 0 Å². The van der Waals surface area contributed by atoms with E-state index in [9.17, 15) is 0 Å². The number of alkyl halides is 1. The van der Waals surface area contributed by atoms with Crippen molar-refractivity contribution in [2.45, 2.75) is 91.0 Å². The molecule has 2 aromatic rings. The van der Waals surface area contributed by atoms with Crippen LogP contribution >= 0.6 is 34.3 Å². The Kier molecular flexibility index (Phi) is 10.6. The molecule has 2 aromatic heterocycles. The van der Waals surface area contributed by atoms with Crippen LogP contribution in [0.2, 0.25) is 13.3 Å². The average Bonchev–Trinajstić information content (AvgIpc) is 3.30. The average molecular weight is 562 g/mol. The zero-order valence-electron chi connectivity index (χ0n) is 18.6. The summed E-state index contributed by atoms with van der Waals surface area (Å²) in [5.41, 5.74) is 0. The minimum absolute atomic E-state index is 0.0190. The molecule has 0 aliphatic heterocycles. The molecule has 158 valence electrons. The Morgan fingerprint density at radius 1 is 0.821 bits per heavy atom. The van der Waals surface area contributed by atoms with Gasteiger partial charge in [-0.15, -0.1) is 0 Å². The van der Waals surface area contributed by atoms with Gasteiger partial charge in [0.05, 0.1) is 0 Å². The molecule has 0 fully saturated rings. The molecule has 0 aliphatic carbocycles. The molecule has 0 amide bonds. The molecule has 0 aromatic carbocycles. The second kappa shape index (κ2) is 11.9. The van der Waals surface area contributed by atoms with E-state index in [0.29, 0.717) is 0 Å². The number of hydrogen-bond acceptors (Lipinski definition) is 2. The van der Waals surface area contributed by atoms with Crippen LogP contribution in [-0.2, 0) is 0 Å². The summed E-state index contributed by atoms with van der Waals surface area (Å²) in [6, 6.07) is 9.70. The van der Waals surface area contributed by atoms with Crippen LogP contribution in [0.25, 0.3) is 9.75 Å². The van der Waals surface area contributed by atoms with Crippen LogP contribution in [0.5, 0.6) is 0 Å². The normalized spacial score (nSPS) is 13.1. The van der Waals surface area contributed by atoms with E-state index in [0.717, 1.165) is 0 Å². The van der Waals surface area contributed by atoms with Crippen molar-refractivity contribution >= 4 is 69.6 Å². The van der Waals surface area contributed by atoms with Gasteiger partial charge in [-0.2, -0.15) is 0 Å². The van der Waals surface area contributed by atoms with Gasteiger partial charge < -0.3 is 0 Å².